The van der Waals surface area contributed by atoms with Crippen LogP contribution in [0.3, 0.4) is 0 Å². The maximum absolute atomic E-state index is 5.32. The van der Waals surface area contributed by atoms with Crippen LogP contribution in [0.4, 0.5) is 0 Å². The summed E-state index contributed by atoms with van der Waals surface area (Å²) < 4.78 is 5.32. The second kappa shape index (κ2) is 9.30. The van der Waals surface area contributed by atoms with E-state index in [1.807, 2.05) is 12.1 Å². The smallest absolute Gasteiger partial charge is 0.191 e. The van der Waals surface area contributed by atoms with Crippen LogP contribution in [-0.4, -0.2) is 51.7 Å². The van der Waals surface area contributed by atoms with E-state index >= 15 is 0 Å². The van der Waals surface area contributed by atoms with Crippen molar-refractivity contribution in [1.82, 2.24) is 15.5 Å². The van der Waals surface area contributed by atoms with Crippen LogP contribution in [0.1, 0.15) is 31.9 Å². The number of hydrogen-bond acceptors (Lipinski definition) is 3. The summed E-state index contributed by atoms with van der Waals surface area (Å²) in [6, 6.07) is 8.84. The molecule has 5 heteroatoms. The zero-order chi connectivity index (χ0) is 16.5. The molecule has 0 aliphatic carbocycles. The third kappa shape index (κ3) is 5.56. The van der Waals surface area contributed by atoms with Gasteiger partial charge in [0.15, 0.2) is 5.96 Å². The van der Waals surface area contributed by atoms with Gasteiger partial charge < -0.3 is 20.3 Å². The van der Waals surface area contributed by atoms with Crippen molar-refractivity contribution in [2.45, 2.75) is 32.4 Å². The summed E-state index contributed by atoms with van der Waals surface area (Å²) in [5.74, 6) is 1.72. The van der Waals surface area contributed by atoms with Gasteiger partial charge in [0.2, 0.25) is 0 Å². The van der Waals surface area contributed by atoms with Crippen LogP contribution in [-0.2, 0) is 0 Å². The number of methoxy groups -OCH3 is 1. The van der Waals surface area contributed by atoms with E-state index in [1.54, 1.807) is 14.2 Å². The predicted octanol–water partition coefficient (Wildman–Crippen LogP) is 2.26. The number of likely N-dealkylation sites (N-methyl/N-ethyl adjacent to an activating group) is 1. The van der Waals surface area contributed by atoms with Gasteiger partial charge in [-0.2, -0.15) is 0 Å². The van der Waals surface area contributed by atoms with Gasteiger partial charge in [-0.25, -0.2) is 0 Å². The van der Waals surface area contributed by atoms with Gasteiger partial charge >= 0.3 is 0 Å². The van der Waals surface area contributed by atoms with Gasteiger partial charge in [-0.05, 0) is 45.1 Å². The fourth-order valence-corrected chi connectivity index (χ4v) is 2.17. The van der Waals surface area contributed by atoms with Crippen molar-refractivity contribution >= 4 is 5.96 Å². The molecule has 0 aliphatic heterocycles. The lowest BCUT2D eigenvalue weighted by Crippen LogP contribution is -2.44. The molecular weight excluding hydrogens is 276 g/mol. The lowest BCUT2D eigenvalue weighted by atomic mass is 10.1. The van der Waals surface area contributed by atoms with Crippen LogP contribution in [0.5, 0.6) is 5.75 Å². The van der Waals surface area contributed by atoms with Gasteiger partial charge in [-0.15, -0.1) is 0 Å². The minimum absolute atomic E-state index is 0.241. The summed E-state index contributed by atoms with van der Waals surface area (Å²) in [6.07, 6.45) is 1.06. The molecule has 0 saturated carbocycles. The lowest BCUT2D eigenvalue weighted by Gasteiger charge is -2.27. The Labute approximate surface area is 134 Å². The quantitative estimate of drug-likeness (QED) is 0.599. The Morgan fingerprint density at radius 1 is 1.36 bits per heavy atom. The van der Waals surface area contributed by atoms with Crippen LogP contribution < -0.4 is 15.4 Å². The minimum atomic E-state index is 0.241. The molecule has 0 saturated heterocycles. The second-order valence-electron chi connectivity index (χ2n) is 5.66. The molecule has 0 radical (unpaired) electrons. The fraction of sp³-hybridized carbons (Fsp3) is 0.588. The van der Waals surface area contributed by atoms with Crippen molar-refractivity contribution in [3.8, 4) is 5.75 Å². The Kier molecular flexibility index (Phi) is 7.74. The van der Waals surface area contributed by atoms with Crippen molar-refractivity contribution in [1.29, 1.82) is 0 Å². The SMILES string of the molecule is CCC(C)NC(=NC)NCC(c1cccc(OC)c1)N(C)C. The molecule has 1 aromatic rings. The molecule has 0 fully saturated rings. The number of guanidine groups is 1. The summed E-state index contributed by atoms with van der Waals surface area (Å²) in [7, 11) is 7.65. The molecule has 0 aliphatic rings. The summed E-state index contributed by atoms with van der Waals surface area (Å²) >= 11 is 0. The molecule has 0 bridgehead atoms. The molecule has 2 unspecified atom stereocenters. The van der Waals surface area contributed by atoms with Gasteiger partial charge in [0.1, 0.15) is 5.75 Å². The monoisotopic (exact) mass is 306 g/mol. The largest absolute Gasteiger partial charge is 0.497 e. The zero-order valence-electron chi connectivity index (χ0n) is 14.7. The van der Waals surface area contributed by atoms with Crippen LogP contribution in [0.15, 0.2) is 29.3 Å². The van der Waals surface area contributed by atoms with Crippen molar-refractivity contribution in [2.24, 2.45) is 4.99 Å². The molecule has 0 spiro atoms. The van der Waals surface area contributed by atoms with E-state index in [4.69, 9.17) is 4.74 Å². The lowest BCUT2D eigenvalue weighted by molar-refractivity contribution is 0.297. The van der Waals surface area contributed by atoms with E-state index in [9.17, 15) is 0 Å². The molecule has 0 amide bonds. The van der Waals surface area contributed by atoms with Gasteiger partial charge in [-0.1, -0.05) is 19.1 Å². The number of hydrogen-bond donors (Lipinski definition) is 2. The maximum Gasteiger partial charge on any atom is 0.191 e. The number of aliphatic imine (C=N–C) groups is 1. The number of benzene rings is 1. The molecule has 22 heavy (non-hydrogen) atoms. The summed E-state index contributed by atoms with van der Waals surface area (Å²) in [4.78, 5) is 6.48. The van der Waals surface area contributed by atoms with Crippen LogP contribution in [0, 0.1) is 0 Å². The number of rotatable bonds is 7. The standard InChI is InChI=1S/C17H30N4O/c1-7-13(2)20-17(18-3)19-12-16(21(4)5)14-9-8-10-15(11-14)22-6/h8-11,13,16H,7,12H2,1-6H3,(H2,18,19,20). The van der Waals surface area contributed by atoms with Crippen molar-refractivity contribution in [3.05, 3.63) is 29.8 Å². The van der Waals surface area contributed by atoms with Crippen molar-refractivity contribution in [2.75, 3.05) is 34.8 Å². The van der Waals surface area contributed by atoms with E-state index in [2.05, 4.69) is 60.6 Å². The average molecular weight is 306 g/mol. The molecule has 0 aromatic heterocycles. The highest BCUT2D eigenvalue weighted by Crippen LogP contribution is 2.21. The van der Waals surface area contributed by atoms with Crippen LogP contribution in [0.25, 0.3) is 0 Å². The number of nitrogens with zero attached hydrogens (tertiary/aromatic N) is 2. The first-order chi connectivity index (χ1) is 10.5. The number of nitrogens with one attached hydrogen (secondary N) is 2. The third-order valence-corrected chi connectivity index (χ3v) is 3.78. The molecule has 5 nitrogen and oxygen atoms in total. The highest BCUT2D eigenvalue weighted by atomic mass is 16.5. The van der Waals surface area contributed by atoms with E-state index in [-0.39, 0.29) is 6.04 Å². The average Bonchev–Trinajstić information content (AvgIpc) is 2.53. The zero-order valence-corrected chi connectivity index (χ0v) is 14.7. The van der Waals surface area contributed by atoms with E-state index < -0.39 is 0 Å². The Balaban J connectivity index is 2.76. The molecule has 1 aromatic carbocycles. The van der Waals surface area contributed by atoms with Crippen LogP contribution in [0.2, 0.25) is 0 Å². The van der Waals surface area contributed by atoms with E-state index in [1.165, 1.54) is 5.56 Å². The highest BCUT2D eigenvalue weighted by Gasteiger charge is 2.15. The third-order valence-electron chi connectivity index (χ3n) is 3.78. The second-order valence-corrected chi connectivity index (χ2v) is 5.66. The molecule has 124 valence electrons. The topological polar surface area (TPSA) is 48.9 Å². The molecule has 1 rings (SSSR count). The molecular formula is C17H30N4O. The Morgan fingerprint density at radius 2 is 2.09 bits per heavy atom. The normalized spacial score (nSPS) is 14.6. The predicted molar refractivity (Wildman–Crippen MR) is 93.7 cm³/mol. The summed E-state index contributed by atoms with van der Waals surface area (Å²) in [5, 5.41) is 6.79. The molecule has 2 atom stereocenters. The van der Waals surface area contributed by atoms with Crippen molar-refractivity contribution in [3.63, 3.8) is 0 Å². The highest BCUT2D eigenvalue weighted by molar-refractivity contribution is 5.79. The Hall–Kier alpha value is -1.75. The Morgan fingerprint density at radius 3 is 2.64 bits per heavy atom. The van der Waals surface area contributed by atoms with Gasteiger partial charge in [0, 0.05) is 19.6 Å². The molecule has 2 N–H and O–H groups in total. The van der Waals surface area contributed by atoms with Crippen LogP contribution >= 0.6 is 0 Å². The Bertz CT molecular complexity index is 473. The van der Waals surface area contributed by atoms with Gasteiger partial charge in [0.05, 0.1) is 13.2 Å². The van der Waals surface area contributed by atoms with E-state index in [0.717, 1.165) is 24.7 Å². The first-order valence-corrected chi connectivity index (χ1v) is 7.79. The van der Waals surface area contributed by atoms with Crippen molar-refractivity contribution < 1.29 is 4.74 Å². The van der Waals surface area contributed by atoms with Gasteiger partial charge in [0.25, 0.3) is 0 Å². The first kappa shape index (κ1) is 18.3. The fourth-order valence-electron chi connectivity index (χ4n) is 2.17. The summed E-state index contributed by atoms with van der Waals surface area (Å²) in [6.45, 7) is 5.08. The number of ether oxygens (including phenoxy) is 1. The maximum atomic E-state index is 5.32. The van der Waals surface area contributed by atoms with E-state index in [0.29, 0.717) is 6.04 Å². The first-order valence-electron chi connectivity index (χ1n) is 7.79. The molecule has 0 heterocycles. The van der Waals surface area contributed by atoms with Gasteiger partial charge in [-0.3, -0.25) is 4.99 Å². The minimum Gasteiger partial charge on any atom is -0.497 e. The summed E-state index contributed by atoms with van der Waals surface area (Å²) in [5.41, 5.74) is 1.22.